The number of carbonyl (C=O) groups excluding carboxylic acids is 1. The predicted octanol–water partition coefficient (Wildman–Crippen LogP) is 3.07. The van der Waals surface area contributed by atoms with Gasteiger partial charge >= 0.3 is 0 Å². The van der Waals surface area contributed by atoms with Crippen LogP contribution in [0.1, 0.15) is 43.0 Å². The second kappa shape index (κ2) is 10.5. The molecule has 1 aliphatic heterocycles. The normalized spacial score (nSPS) is 17.2. The maximum atomic E-state index is 12.6. The van der Waals surface area contributed by atoms with Gasteiger partial charge in [0.15, 0.2) is 0 Å². The highest BCUT2D eigenvalue weighted by Crippen LogP contribution is 2.37. The molecule has 2 N–H and O–H groups in total. The Kier molecular flexibility index (Phi) is 6.98. The van der Waals surface area contributed by atoms with Gasteiger partial charge in [-0.3, -0.25) is 4.79 Å². The van der Waals surface area contributed by atoms with Gasteiger partial charge in [-0.25, -0.2) is 0 Å². The molecule has 3 aromatic rings. The minimum absolute atomic E-state index is 0.0309. The van der Waals surface area contributed by atoms with Crippen LogP contribution >= 0.6 is 0 Å². The van der Waals surface area contributed by atoms with E-state index in [9.17, 15) is 10.1 Å². The Morgan fingerprint density at radius 1 is 1.31 bits per heavy atom. The highest BCUT2D eigenvalue weighted by molar-refractivity contribution is 5.78. The fourth-order valence-electron chi connectivity index (χ4n) is 4.87. The maximum Gasteiger partial charge on any atom is 0.258 e. The number of aromatic nitrogens is 2. The molecule has 0 radical (unpaired) electrons. The van der Waals surface area contributed by atoms with Crippen molar-refractivity contribution in [3.05, 3.63) is 53.1 Å². The van der Waals surface area contributed by atoms with E-state index in [0.29, 0.717) is 35.1 Å². The minimum atomic E-state index is -0.0309. The minimum Gasteiger partial charge on any atom is -0.490 e. The monoisotopic (exact) mass is 486 g/mol. The van der Waals surface area contributed by atoms with Crippen molar-refractivity contribution in [1.29, 1.82) is 5.26 Å². The lowest BCUT2D eigenvalue weighted by Crippen LogP contribution is -2.49. The highest BCUT2D eigenvalue weighted by Gasteiger charge is 2.27. The number of carbonyl (C=O) groups is 1. The van der Waals surface area contributed by atoms with E-state index < -0.39 is 0 Å². The first-order valence-electron chi connectivity index (χ1n) is 12.4. The predicted molar refractivity (Wildman–Crippen MR) is 134 cm³/mol. The molecule has 9 nitrogen and oxygen atoms in total. The van der Waals surface area contributed by atoms with Gasteiger partial charge in [0, 0.05) is 43.3 Å². The summed E-state index contributed by atoms with van der Waals surface area (Å²) < 4.78 is 11.3. The molecule has 1 amide bonds. The number of amides is 1. The first-order valence-corrected chi connectivity index (χ1v) is 12.4. The van der Waals surface area contributed by atoms with Crippen molar-refractivity contribution < 1.29 is 14.1 Å². The summed E-state index contributed by atoms with van der Waals surface area (Å²) in [6.07, 6.45) is 1.75. The summed E-state index contributed by atoms with van der Waals surface area (Å²) in [5.41, 5.74) is 4.37. The summed E-state index contributed by atoms with van der Waals surface area (Å²) in [6, 6.07) is 13.7. The van der Waals surface area contributed by atoms with E-state index in [-0.39, 0.29) is 18.1 Å². The summed E-state index contributed by atoms with van der Waals surface area (Å²) in [6.45, 7) is 7.39. The van der Waals surface area contributed by atoms with Crippen LogP contribution in [0.25, 0.3) is 22.8 Å². The molecule has 1 aromatic heterocycles. The zero-order chi connectivity index (χ0) is 25.1. The molecular weight excluding hydrogens is 456 g/mol. The van der Waals surface area contributed by atoms with E-state index in [1.807, 2.05) is 36.9 Å². The van der Waals surface area contributed by atoms with Crippen LogP contribution in [0.3, 0.4) is 0 Å². The number of fused-ring (bicyclic) bond motifs is 1. The lowest BCUT2D eigenvalue weighted by atomic mass is 10.0. The number of nitriles is 1. The van der Waals surface area contributed by atoms with Crippen LogP contribution in [0.2, 0.25) is 0 Å². The number of piperazine rings is 1. The third-order valence-electron chi connectivity index (χ3n) is 6.62. The number of nitrogens with one attached hydrogen (secondary N) is 2. The van der Waals surface area contributed by atoms with Gasteiger partial charge in [-0.15, -0.1) is 0 Å². The average molecular weight is 487 g/mol. The van der Waals surface area contributed by atoms with Crippen molar-refractivity contribution in [2.45, 2.75) is 38.8 Å². The third-order valence-corrected chi connectivity index (χ3v) is 6.62. The summed E-state index contributed by atoms with van der Waals surface area (Å²) in [5.74, 6) is 1.54. The van der Waals surface area contributed by atoms with Crippen molar-refractivity contribution in [3.63, 3.8) is 0 Å². The van der Waals surface area contributed by atoms with Crippen LogP contribution in [0, 0.1) is 11.3 Å². The Morgan fingerprint density at radius 2 is 2.14 bits per heavy atom. The highest BCUT2D eigenvalue weighted by atomic mass is 16.5. The molecule has 5 rings (SSSR count). The van der Waals surface area contributed by atoms with Crippen LogP contribution in [-0.2, 0) is 11.2 Å². The third kappa shape index (κ3) is 4.96. The van der Waals surface area contributed by atoms with Gasteiger partial charge in [0.25, 0.3) is 5.89 Å². The van der Waals surface area contributed by atoms with Gasteiger partial charge in [0.2, 0.25) is 11.7 Å². The molecule has 0 saturated carbocycles. The fraction of sp³-hybridized carbons (Fsp3) is 0.407. The largest absolute Gasteiger partial charge is 0.490 e. The zero-order valence-corrected chi connectivity index (χ0v) is 20.6. The number of benzene rings is 2. The van der Waals surface area contributed by atoms with Crippen molar-refractivity contribution in [2.75, 3.05) is 32.7 Å². The number of ether oxygens (including phenoxy) is 1. The van der Waals surface area contributed by atoms with E-state index in [0.717, 1.165) is 44.6 Å². The van der Waals surface area contributed by atoms with Gasteiger partial charge in [-0.05, 0) is 56.0 Å². The molecule has 0 bridgehead atoms. The number of hydrogen-bond acceptors (Lipinski definition) is 8. The van der Waals surface area contributed by atoms with Gasteiger partial charge in [0.1, 0.15) is 11.8 Å². The fourth-order valence-corrected chi connectivity index (χ4v) is 4.87. The topological polar surface area (TPSA) is 116 Å². The summed E-state index contributed by atoms with van der Waals surface area (Å²) in [4.78, 5) is 19.1. The maximum absolute atomic E-state index is 12.6. The Morgan fingerprint density at radius 3 is 2.92 bits per heavy atom. The van der Waals surface area contributed by atoms with E-state index in [1.54, 1.807) is 12.1 Å². The van der Waals surface area contributed by atoms with E-state index in [1.165, 1.54) is 11.1 Å². The van der Waals surface area contributed by atoms with Crippen molar-refractivity contribution in [2.24, 2.45) is 0 Å². The van der Waals surface area contributed by atoms with Crippen LogP contribution < -0.4 is 15.4 Å². The van der Waals surface area contributed by atoms with Crippen LogP contribution in [0.5, 0.6) is 5.75 Å². The van der Waals surface area contributed by atoms with Gasteiger partial charge in [0.05, 0.1) is 18.2 Å². The van der Waals surface area contributed by atoms with E-state index >= 15 is 0 Å². The molecule has 1 aliphatic carbocycles. The molecule has 2 aliphatic rings. The lowest BCUT2D eigenvalue weighted by molar-refractivity contribution is -0.130. The van der Waals surface area contributed by atoms with Gasteiger partial charge in [-0.1, -0.05) is 23.4 Å². The Labute approximate surface area is 210 Å². The first kappa shape index (κ1) is 24.0. The second-order valence-electron chi connectivity index (χ2n) is 9.39. The number of rotatable bonds is 7. The summed E-state index contributed by atoms with van der Waals surface area (Å²) in [5, 5.41) is 20.5. The Hall–Kier alpha value is -3.74. The van der Waals surface area contributed by atoms with Crippen LogP contribution in [0.4, 0.5) is 0 Å². The Bertz CT molecular complexity index is 1290. The lowest BCUT2D eigenvalue weighted by Gasteiger charge is -2.28. The van der Waals surface area contributed by atoms with Gasteiger partial charge < -0.3 is 24.8 Å². The molecule has 0 spiro atoms. The zero-order valence-electron chi connectivity index (χ0n) is 20.6. The van der Waals surface area contributed by atoms with E-state index in [4.69, 9.17) is 9.26 Å². The molecule has 36 heavy (non-hydrogen) atoms. The molecule has 2 heterocycles. The quantitative estimate of drug-likeness (QED) is 0.523. The van der Waals surface area contributed by atoms with Crippen LogP contribution in [-0.4, -0.2) is 59.8 Å². The number of nitrogens with zero attached hydrogens (tertiary/aromatic N) is 4. The van der Waals surface area contributed by atoms with Crippen molar-refractivity contribution >= 4 is 5.91 Å². The molecule has 0 unspecified atom stereocenters. The average Bonchev–Trinajstić information content (AvgIpc) is 3.55. The summed E-state index contributed by atoms with van der Waals surface area (Å²) >= 11 is 0. The first-order chi connectivity index (χ1) is 17.5. The Balaban J connectivity index is 1.32. The van der Waals surface area contributed by atoms with Crippen molar-refractivity contribution in [3.8, 4) is 34.7 Å². The molecule has 1 fully saturated rings. The number of hydrogen-bond donors (Lipinski definition) is 2. The van der Waals surface area contributed by atoms with Gasteiger partial charge in [-0.2, -0.15) is 10.2 Å². The molecular formula is C27H30N6O3. The van der Waals surface area contributed by atoms with E-state index in [2.05, 4.69) is 32.9 Å². The smallest absolute Gasteiger partial charge is 0.258 e. The van der Waals surface area contributed by atoms with Crippen molar-refractivity contribution in [1.82, 2.24) is 25.7 Å². The van der Waals surface area contributed by atoms with Crippen LogP contribution in [0.15, 0.2) is 40.9 Å². The molecule has 1 saturated heterocycles. The SMILES string of the molecule is CC(C)Oc1ccc(-c2nc(-c3cccc4c3CC[C@H]4NCC(=O)N3CCNCC3)no2)cc1C#N. The standard InChI is InChI=1S/C27H30N6O3/c1-17(2)35-24-9-6-18(14-19(24)15-28)27-31-26(32-36-27)22-5-3-4-21-20(22)7-8-23(21)30-16-25(34)33-12-10-29-11-13-33/h3-6,9,14,17,23,29-30H,7-8,10-13,16H2,1-2H3/t23-/m1/s1. The summed E-state index contributed by atoms with van der Waals surface area (Å²) in [7, 11) is 0. The molecule has 1 atom stereocenters. The second-order valence-corrected chi connectivity index (χ2v) is 9.39. The molecule has 9 heteroatoms. The molecule has 186 valence electrons. The molecule has 2 aromatic carbocycles.